The van der Waals surface area contributed by atoms with Crippen molar-refractivity contribution < 1.29 is 9.32 Å². The van der Waals surface area contributed by atoms with Crippen LogP contribution >= 0.6 is 12.4 Å². The first-order valence-corrected chi connectivity index (χ1v) is 8.66. The van der Waals surface area contributed by atoms with E-state index in [1.165, 1.54) is 5.56 Å². The lowest BCUT2D eigenvalue weighted by Gasteiger charge is -2.21. The molecule has 1 aromatic carbocycles. The molecule has 1 unspecified atom stereocenters. The van der Waals surface area contributed by atoms with E-state index in [1.54, 1.807) is 0 Å². The van der Waals surface area contributed by atoms with Crippen LogP contribution in [0, 0.1) is 5.92 Å². The molecule has 0 bridgehead atoms. The monoisotopic (exact) mass is 364 g/mol. The average molecular weight is 365 g/mol. The quantitative estimate of drug-likeness (QED) is 0.822. The minimum atomic E-state index is 0. The molecule has 0 saturated carbocycles. The molecule has 1 atom stereocenters. The van der Waals surface area contributed by atoms with Crippen LogP contribution in [0.3, 0.4) is 0 Å². The van der Waals surface area contributed by atoms with E-state index in [2.05, 4.69) is 20.8 Å². The minimum absolute atomic E-state index is 0. The highest BCUT2D eigenvalue weighted by atomic mass is 35.5. The Hall–Kier alpha value is -1.92. The maximum atomic E-state index is 12.1. The van der Waals surface area contributed by atoms with Crippen molar-refractivity contribution in [3.05, 3.63) is 35.7 Å². The lowest BCUT2D eigenvalue weighted by Crippen LogP contribution is -2.41. The number of aryl methyl sites for hydroxylation is 1. The number of hydrogen-bond acceptors (Lipinski definition) is 5. The highest BCUT2D eigenvalue weighted by Gasteiger charge is 2.20. The minimum Gasteiger partial charge on any atom is -0.355 e. The molecule has 1 amide bonds. The Morgan fingerprint density at radius 1 is 1.36 bits per heavy atom. The van der Waals surface area contributed by atoms with E-state index in [0.717, 1.165) is 44.3 Å². The first-order chi connectivity index (χ1) is 11.8. The number of aromatic nitrogens is 2. The summed E-state index contributed by atoms with van der Waals surface area (Å²) < 4.78 is 5.24. The molecule has 0 aliphatic carbocycles. The topological polar surface area (TPSA) is 80.0 Å². The third-order valence-electron chi connectivity index (χ3n) is 4.37. The molecule has 25 heavy (non-hydrogen) atoms. The second-order valence-corrected chi connectivity index (χ2v) is 6.15. The van der Waals surface area contributed by atoms with Crippen LogP contribution in [0.1, 0.15) is 31.2 Å². The largest absolute Gasteiger partial charge is 0.355 e. The van der Waals surface area contributed by atoms with Crippen LogP contribution in [0.25, 0.3) is 11.5 Å². The van der Waals surface area contributed by atoms with Gasteiger partial charge in [-0.1, -0.05) is 24.2 Å². The molecule has 7 heteroatoms. The van der Waals surface area contributed by atoms with Gasteiger partial charge in [-0.3, -0.25) is 4.79 Å². The summed E-state index contributed by atoms with van der Waals surface area (Å²) in [6.45, 7) is 4.48. The van der Waals surface area contributed by atoms with Crippen molar-refractivity contribution in [1.82, 2.24) is 20.8 Å². The molecular formula is C18H25ClN4O2. The normalized spacial score (nSPS) is 16.9. The molecule has 2 heterocycles. The predicted octanol–water partition coefficient (Wildman–Crippen LogP) is 2.38. The van der Waals surface area contributed by atoms with Crippen LogP contribution in [0.4, 0.5) is 0 Å². The van der Waals surface area contributed by atoms with Crippen molar-refractivity contribution in [2.75, 3.05) is 19.6 Å². The van der Waals surface area contributed by atoms with E-state index in [9.17, 15) is 4.79 Å². The standard InChI is InChI=1S/C18H24N4O2.ClH/c1-2-16-21-18(24-22-16)14-7-5-13(6-8-14)9-11-20-17(23)15-4-3-10-19-12-15;/h5-8,15,19H,2-4,9-12H2,1H3,(H,20,23);1H. The van der Waals surface area contributed by atoms with E-state index in [0.29, 0.717) is 18.3 Å². The van der Waals surface area contributed by atoms with Gasteiger partial charge in [-0.05, 0) is 43.5 Å². The number of benzene rings is 1. The molecule has 6 nitrogen and oxygen atoms in total. The molecule has 1 saturated heterocycles. The average Bonchev–Trinajstić information content (AvgIpc) is 3.12. The Kier molecular flexibility index (Phi) is 7.40. The van der Waals surface area contributed by atoms with Gasteiger partial charge < -0.3 is 15.2 Å². The first kappa shape index (κ1) is 19.4. The smallest absolute Gasteiger partial charge is 0.257 e. The Balaban J connectivity index is 0.00000225. The third-order valence-corrected chi connectivity index (χ3v) is 4.37. The number of hydrogen-bond donors (Lipinski definition) is 2. The van der Waals surface area contributed by atoms with Crippen molar-refractivity contribution in [2.45, 2.75) is 32.6 Å². The second kappa shape index (κ2) is 9.53. The number of nitrogens with zero attached hydrogens (tertiary/aromatic N) is 2. The molecule has 0 radical (unpaired) electrons. The summed E-state index contributed by atoms with van der Waals surface area (Å²) in [6, 6.07) is 8.04. The van der Waals surface area contributed by atoms with Gasteiger partial charge in [-0.25, -0.2) is 0 Å². The lowest BCUT2D eigenvalue weighted by atomic mass is 9.99. The molecule has 0 spiro atoms. The summed E-state index contributed by atoms with van der Waals surface area (Å²) in [5.41, 5.74) is 2.10. The molecule has 136 valence electrons. The number of rotatable bonds is 6. The summed E-state index contributed by atoms with van der Waals surface area (Å²) in [5.74, 6) is 1.55. The number of amides is 1. The Morgan fingerprint density at radius 3 is 2.80 bits per heavy atom. The number of carbonyl (C=O) groups excluding carboxylic acids is 1. The van der Waals surface area contributed by atoms with Crippen molar-refractivity contribution in [3.8, 4) is 11.5 Å². The fourth-order valence-electron chi connectivity index (χ4n) is 2.88. The predicted molar refractivity (Wildman–Crippen MR) is 98.7 cm³/mol. The van der Waals surface area contributed by atoms with Gasteiger partial charge in [-0.15, -0.1) is 12.4 Å². The number of carbonyl (C=O) groups is 1. The summed E-state index contributed by atoms with van der Waals surface area (Å²) in [6.07, 6.45) is 3.64. The Bertz CT molecular complexity index is 666. The van der Waals surface area contributed by atoms with Crippen molar-refractivity contribution in [2.24, 2.45) is 5.92 Å². The van der Waals surface area contributed by atoms with Gasteiger partial charge in [0.15, 0.2) is 5.82 Å². The summed E-state index contributed by atoms with van der Waals surface area (Å²) in [7, 11) is 0. The van der Waals surface area contributed by atoms with E-state index in [-0.39, 0.29) is 24.2 Å². The van der Waals surface area contributed by atoms with Gasteiger partial charge in [-0.2, -0.15) is 4.98 Å². The molecule has 1 aliphatic rings. The highest BCUT2D eigenvalue weighted by Crippen LogP contribution is 2.18. The van der Waals surface area contributed by atoms with Gasteiger partial charge in [0, 0.05) is 25.1 Å². The number of piperidine rings is 1. The third kappa shape index (κ3) is 5.28. The molecule has 3 rings (SSSR count). The number of halogens is 1. The van der Waals surface area contributed by atoms with Gasteiger partial charge in [0.25, 0.3) is 5.89 Å². The van der Waals surface area contributed by atoms with Crippen LogP contribution in [0.2, 0.25) is 0 Å². The van der Waals surface area contributed by atoms with E-state index in [4.69, 9.17) is 4.52 Å². The SMILES string of the molecule is CCc1noc(-c2ccc(CCNC(=O)C3CCCNC3)cc2)n1.Cl. The molecule has 1 aliphatic heterocycles. The molecule has 2 N–H and O–H groups in total. The van der Waals surface area contributed by atoms with Crippen LogP contribution < -0.4 is 10.6 Å². The molecule has 1 aromatic heterocycles. The summed E-state index contributed by atoms with van der Waals surface area (Å²) in [5, 5.41) is 10.2. The van der Waals surface area contributed by atoms with Gasteiger partial charge in [0.1, 0.15) is 0 Å². The van der Waals surface area contributed by atoms with E-state index in [1.807, 2.05) is 31.2 Å². The summed E-state index contributed by atoms with van der Waals surface area (Å²) >= 11 is 0. The zero-order valence-electron chi connectivity index (χ0n) is 14.5. The number of nitrogens with one attached hydrogen (secondary N) is 2. The highest BCUT2D eigenvalue weighted by molar-refractivity contribution is 5.85. The van der Waals surface area contributed by atoms with Crippen molar-refractivity contribution >= 4 is 18.3 Å². The second-order valence-electron chi connectivity index (χ2n) is 6.15. The zero-order valence-corrected chi connectivity index (χ0v) is 15.3. The maximum Gasteiger partial charge on any atom is 0.257 e. The van der Waals surface area contributed by atoms with Crippen molar-refractivity contribution in [3.63, 3.8) is 0 Å². The van der Waals surface area contributed by atoms with Crippen LogP contribution in [-0.2, 0) is 17.6 Å². The lowest BCUT2D eigenvalue weighted by molar-refractivity contribution is -0.125. The Labute approximate surface area is 154 Å². The Morgan fingerprint density at radius 2 is 2.16 bits per heavy atom. The fraction of sp³-hybridized carbons (Fsp3) is 0.500. The van der Waals surface area contributed by atoms with Crippen LogP contribution in [0.15, 0.2) is 28.8 Å². The zero-order chi connectivity index (χ0) is 16.8. The van der Waals surface area contributed by atoms with Crippen LogP contribution in [0.5, 0.6) is 0 Å². The van der Waals surface area contributed by atoms with Gasteiger partial charge >= 0.3 is 0 Å². The van der Waals surface area contributed by atoms with Gasteiger partial charge in [0.05, 0.1) is 5.92 Å². The van der Waals surface area contributed by atoms with Gasteiger partial charge in [0.2, 0.25) is 5.91 Å². The summed E-state index contributed by atoms with van der Waals surface area (Å²) in [4.78, 5) is 16.4. The molecule has 2 aromatic rings. The molecule has 1 fully saturated rings. The van der Waals surface area contributed by atoms with Crippen LogP contribution in [-0.4, -0.2) is 35.7 Å². The maximum absolute atomic E-state index is 12.1. The molecular weight excluding hydrogens is 340 g/mol. The van der Waals surface area contributed by atoms with E-state index >= 15 is 0 Å². The van der Waals surface area contributed by atoms with Crippen molar-refractivity contribution in [1.29, 1.82) is 0 Å². The first-order valence-electron chi connectivity index (χ1n) is 8.66. The fourth-order valence-corrected chi connectivity index (χ4v) is 2.88. The van der Waals surface area contributed by atoms with E-state index < -0.39 is 0 Å².